The lowest BCUT2D eigenvalue weighted by Crippen LogP contribution is -2.59. The molecule has 0 aromatic heterocycles. The van der Waals surface area contributed by atoms with E-state index in [9.17, 15) is 4.39 Å². The van der Waals surface area contributed by atoms with Crippen molar-refractivity contribution in [3.05, 3.63) is 66.0 Å². The smallest absolute Gasteiger partial charge is 0.229 e. The number of methoxy groups -OCH3 is 2. The van der Waals surface area contributed by atoms with Crippen LogP contribution < -0.4 is 14.2 Å². The number of hydrogen-bond acceptors (Lipinski definition) is 7. The molecule has 2 heterocycles. The fourth-order valence-corrected chi connectivity index (χ4v) is 5.29. The van der Waals surface area contributed by atoms with Gasteiger partial charge >= 0.3 is 0 Å². The molecule has 0 saturated carbocycles. The van der Waals surface area contributed by atoms with Gasteiger partial charge in [0.25, 0.3) is 0 Å². The van der Waals surface area contributed by atoms with Gasteiger partial charge in [0, 0.05) is 11.1 Å². The minimum absolute atomic E-state index is 0.113. The van der Waals surface area contributed by atoms with Gasteiger partial charge in [-0.3, -0.25) is 0 Å². The molecule has 2 saturated heterocycles. The average Bonchev–Trinajstić information content (AvgIpc) is 2.88. The average molecular weight is 533 g/mol. The van der Waals surface area contributed by atoms with Crippen LogP contribution >= 0.6 is 0 Å². The van der Waals surface area contributed by atoms with Crippen molar-refractivity contribution in [2.45, 2.75) is 69.8 Å². The van der Waals surface area contributed by atoms with Crippen LogP contribution in [0.2, 0.25) is 18.1 Å². The van der Waals surface area contributed by atoms with Gasteiger partial charge in [-0.25, -0.2) is 4.39 Å². The maximum atomic E-state index is 14.7. The first-order valence-electron chi connectivity index (χ1n) is 12.4. The summed E-state index contributed by atoms with van der Waals surface area (Å²) in [6.07, 6.45) is -3.06. The van der Waals surface area contributed by atoms with Gasteiger partial charge in [0.1, 0.15) is 35.6 Å². The zero-order chi connectivity index (χ0) is 26.8. The van der Waals surface area contributed by atoms with Crippen molar-refractivity contribution in [2.24, 2.45) is 0 Å². The molecule has 4 rings (SSSR count). The second-order valence-electron chi connectivity index (χ2n) is 10.7. The molecular formula is C28H37FO7Si. The number of ether oxygens (including phenoxy) is 6. The van der Waals surface area contributed by atoms with E-state index in [1.54, 1.807) is 38.5 Å². The first-order valence-corrected chi connectivity index (χ1v) is 15.3. The van der Waals surface area contributed by atoms with E-state index in [1.807, 2.05) is 24.3 Å². The van der Waals surface area contributed by atoms with Gasteiger partial charge in [0.05, 0.1) is 27.2 Å². The van der Waals surface area contributed by atoms with Gasteiger partial charge in [-0.15, -0.1) is 0 Å². The van der Waals surface area contributed by atoms with Crippen LogP contribution in [0.3, 0.4) is 0 Å². The highest BCUT2D eigenvalue weighted by Crippen LogP contribution is 2.43. The molecule has 1 unspecified atom stereocenters. The van der Waals surface area contributed by atoms with Gasteiger partial charge in [0.15, 0.2) is 14.6 Å². The van der Waals surface area contributed by atoms with Crippen LogP contribution in [-0.2, 0) is 18.6 Å². The summed E-state index contributed by atoms with van der Waals surface area (Å²) in [5.74, 6) is 1.98. The van der Waals surface area contributed by atoms with Crippen LogP contribution in [0.25, 0.3) is 0 Å². The lowest BCUT2D eigenvalue weighted by atomic mass is 9.95. The fraction of sp³-hybridized carbons (Fsp3) is 0.500. The van der Waals surface area contributed by atoms with E-state index in [2.05, 4.69) is 33.9 Å². The zero-order valence-corrected chi connectivity index (χ0v) is 23.5. The Balaban J connectivity index is 1.62. The molecule has 7 nitrogen and oxygen atoms in total. The van der Waals surface area contributed by atoms with Gasteiger partial charge < -0.3 is 32.8 Å². The van der Waals surface area contributed by atoms with E-state index >= 15 is 0 Å². The third-order valence-electron chi connectivity index (χ3n) is 7.29. The van der Waals surface area contributed by atoms with Crippen LogP contribution in [0, 0.1) is 0 Å². The molecule has 0 N–H and O–H groups in total. The molecule has 2 aromatic carbocycles. The van der Waals surface area contributed by atoms with Crippen molar-refractivity contribution in [1.29, 1.82) is 0 Å². The van der Waals surface area contributed by atoms with E-state index in [0.717, 1.165) is 11.3 Å². The molecule has 0 spiro atoms. The van der Waals surface area contributed by atoms with Crippen molar-refractivity contribution >= 4 is 8.32 Å². The second-order valence-corrected chi connectivity index (χ2v) is 15.5. The molecule has 0 bridgehead atoms. The Kier molecular flexibility index (Phi) is 8.30. The number of fused-ring (bicyclic) bond motifs is 1. The molecule has 202 valence electrons. The van der Waals surface area contributed by atoms with Crippen LogP contribution in [0.4, 0.5) is 4.39 Å². The molecule has 0 radical (unpaired) electrons. The van der Waals surface area contributed by atoms with Gasteiger partial charge in [-0.05, 0) is 54.5 Å². The lowest BCUT2D eigenvalue weighted by molar-refractivity contribution is -0.304. The molecular weight excluding hydrogens is 495 g/mol. The van der Waals surface area contributed by atoms with E-state index in [-0.39, 0.29) is 11.6 Å². The summed E-state index contributed by atoms with van der Waals surface area (Å²) >= 11 is 0. The first kappa shape index (κ1) is 27.6. The van der Waals surface area contributed by atoms with E-state index in [0.29, 0.717) is 23.4 Å². The van der Waals surface area contributed by atoms with Crippen LogP contribution in [0.5, 0.6) is 17.2 Å². The number of halogens is 1. The van der Waals surface area contributed by atoms with Crippen molar-refractivity contribution in [3.63, 3.8) is 0 Å². The molecule has 9 heteroatoms. The number of hydrogen-bond donors (Lipinski definition) is 0. The summed E-state index contributed by atoms with van der Waals surface area (Å²) in [7, 11) is 0.850. The number of rotatable bonds is 7. The SMILES string of the molecule is COc1ccc(O[C@@H]2O[C@@H]3COC(c4ccc(OC)cc4)O[C@@H]3/C(=C/F)[C@H]2O[Si](C)(C)C(C)(C)C)cc1. The topological polar surface area (TPSA) is 64.6 Å². The quantitative estimate of drug-likeness (QED) is 0.396. The van der Waals surface area contributed by atoms with Crippen LogP contribution in [0.15, 0.2) is 60.4 Å². The minimum atomic E-state index is -2.36. The monoisotopic (exact) mass is 532 g/mol. The predicted octanol–water partition coefficient (Wildman–Crippen LogP) is 6.17. The predicted molar refractivity (Wildman–Crippen MR) is 140 cm³/mol. The summed E-state index contributed by atoms with van der Waals surface area (Å²) in [6.45, 7) is 10.8. The Bertz CT molecular complexity index is 1070. The molecule has 2 aliphatic rings. The van der Waals surface area contributed by atoms with E-state index < -0.39 is 39.2 Å². The maximum Gasteiger partial charge on any atom is 0.229 e. The van der Waals surface area contributed by atoms with E-state index in [4.69, 9.17) is 32.8 Å². The van der Waals surface area contributed by atoms with Gasteiger partial charge in [-0.2, -0.15) is 0 Å². The molecule has 5 atom stereocenters. The maximum absolute atomic E-state index is 14.7. The summed E-state index contributed by atoms with van der Waals surface area (Å²) in [6, 6.07) is 14.6. The van der Waals surface area contributed by atoms with Crippen molar-refractivity contribution < 1.29 is 37.2 Å². The Morgan fingerprint density at radius 3 is 2.00 bits per heavy atom. The van der Waals surface area contributed by atoms with Crippen LogP contribution in [-0.4, -0.2) is 53.7 Å². The molecule has 2 fully saturated rings. The summed E-state index contributed by atoms with van der Waals surface area (Å²) in [5.41, 5.74) is 1.15. The van der Waals surface area contributed by atoms with E-state index in [1.165, 1.54) is 0 Å². The third kappa shape index (κ3) is 6.02. The highest BCUT2D eigenvalue weighted by Gasteiger charge is 2.51. The summed E-state index contributed by atoms with van der Waals surface area (Å²) in [4.78, 5) is 0. The highest BCUT2D eigenvalue weighted by atomic mass is 28.4. The van der Waals surface area contributed by atoms with Crippen LogP contribution in [0.1, 0.15) is 32.6 Å². The Hall–Kier alpha value is -2.43. The fourth-order valence-electron chi connectivity index (χ4n) is 4.05. The molecule has 37 heavy (non-hydrogen) atoms. The molecule has 0 aliphatic carbocycles. The standard InChI is InChI=1S/C28H37FO7Si/c1-28(2,3)37(6,7)36-25-22(16-29)24-23(34-27(25)33-21-14-12-20(31-5)13-15-21)17-32-26(35-24)18-8-10-19(30-4)11-9-18/h8-16,23-27H,17H2,1-7H3/b22-16-/t23-,24-,25-,26?,27-/m1/s1. The zero-order valence-electron chi connectivity index (χ0n) is 22.5. The normalized spacial score (nSPS) is 27.5. The molecule has 2 aliphatic heterocycles. The summed E-state index contributed by atoms with van der Waals surface area (Å²) < 4.78 is 56.8. The third-order valence-corrected chi connectivity index (χ3v) is 11.7. The summed E-state index contributed by atoms with van der Waals surface area (Å²) in [5, 5.41) is -0.113. The van der Waals surface area contributed by atoms with Gasteiger partial charge in [0.2, 0.25) is 6.29 Å². The second kappa shape index (κ2) is 11.1. The van der Waals surface area contributed by atoms with Gasteiger partial charge in [-0.1, -0.05) is 32.9 Å². The Morgan fingerprint density at radius 1 is 0.892 bits per heavy atom. The first-order chi connectivity index (χ1) is 17.6. The lowest BCUT2D eigenvalue weighted by Gasteiger charge is -2.49. The van der Waals surface area contributed by atoms with Crippen molar-refractivity contribution in [2.75, 3.05) is 20.8 Å². The Morgan fingerprint density at radius 2 is 1.46 bits per heavy atom. The number of benzene rings is 2. The van der Waals surface area contributed by atoms with Crippen molar-refractivity contribution in [1.82, 2.24) is 0 Å². The Labute approximate surface area is 219 Å². The largest absolute Gasteiger partial charge is 0.497 e. The molecule has 0 amide bonds. The van der Waals surface area contributed by atoms with Crippen molar-refractivity contribution in [3.8, 4) is 17.2 Å². The highest BCUT2D eigenvalue weighted by molar-refractivity contribution is 6.74. The molecule has 2 aromatic rings. The minimum Gasteiger partial charge on any atom is -0.497 e.